The van der Waals surface area contributed by atoms with Gasteiger partial charge in [-0.05, 0) is 55.3 Å². The summed E-state index contributed by atoms with van der Waals surface area (Å²) in [6.07, 6.45) is 3.16. The van der Waals surface area contributed by atoms with Crippen molar-refractivity contribution in [3.63, 3.8) is 0 Å². The number of rotatable bonds is 4. The molecule has 4 heteroatoms. The molecule has 1 aliphatic carbocycles. The van der Waals surface area contributed by atoms with Crippen molar-refractivity contribution in [1.82, 2.24) is 0 Å². The number of hydrogen-bond donors (Lipinski definition) is 2. The standard InChI is InChI=1S/C18H17N3O/c19-12-13-3-1-6-17(11-13)20-15-7-9-16(10-8-15)21-18(22)14-4-2-5-14/h1,3,6-11,14,20H,2,4-5H2,(H,21,22). The highest BCUT2D eigenvalue weighted by Crippen LogP contribution is 2.28. The monoisotopic (exact) mass is 291 g/mol. The second kappa shape index (κ2) is 6.31. The Morgan fingerprint density at radius 2 is 1.77 bits per heavy atom. The molecule has 4 nitrogen and oxygen atoms in total. The predicted molar refractivity (Wildman–Crippen MR) is 86.9 cm³/mol. The topological polar surface area (TPSA) is 64.9 Å². The van der Waals surface area contributed by atoms with Gasteiger partial charge in [-0.1, -0.05) is 12.5 Å². The molecule has 0 radical (unpaired) electrons. The van der Waals surface area contributed by atoms with Crippen LogP contribution in [0.2, 0.25) is 0 Å². The van der Waals surface area contributed by atoms with Gasteiger partial charge in [-0.2, -0.15) is 5.26 Å². The summed E-state index contributed by atoms with van der Waals surface area (Å²) >= 11 is 0. The van der Waals surface area contributed by atoms with Gasteiger partial charge in [0.2, 0.25) is 5.91 Å². The largest absolute Gasteiger partial charge is 0.355 e. The minimum Gasteiger partial charge on any atom is -0.355 e. The van der Waals surface area contributed by atoms with Crippen LogP contribution in [0.5, 0.6) is 0 Å². The molecule has 2 aromatic carbocycles. The van der Waals surface area contributed by atoms with Crippen LogP contribution in [0.4, 0.5) is 17.1 Å². The number of nitriles is 1. The lowest BCUT2D eigenvalue weighted by Gasteiger charge is -2.24. The second-order valence-electron chi connectivity index (χ2n) is 5.51. The fourth-order valence-electron chi connectivity index (χ4n) is 2.38. The molecule has 22 heavy (non-hydrogen) atoms. The fourth-order valence-corrected chi connectivity index (χ4v) is 2.38. The normalized spacial score (nSPS) is 13.8. The van der Waals surface area contributed by atoms with E-state index < -0.39 is 0 Å². The first-order chi connectivity index (χ1) is 10.7. The SMILES string of the molecule is N#Cc1cccc(Nc2ccc(NC(=O)C3CCC3)cc2)c1. The lowest BCUT2D eigenvalue weighted by molar-refractivity contribution is -0.122. The molecule has 1 aliphatic rings. The Morgan fingerprint density at radius 3 is 2.41 bits per heavy atom. The van der Waals surface area contributed by atoms with Crippen LogP contribution in [-0.2, 0) is 4.79 Å². The summed E-state index contributed by atoms with van der Waals surface area (Å²) in [6.45, 7) is 0. The highest BCUT2D eigenvalue weighted by molar-refractivity contribution is 5.93. The third kappa shape index (κ3) is 3.26. The van der Waals surface area contributed by atoms with Gasteiger partial charge in [0.15, 0.2) is 0 Å². The Bertz CT molecular complexity index is 712. The summed E-state index contributed by atoms with van der Waals surface area (Å²) in [6, 6.07) is 17.0. The van der Waals surface area contributed by atoms with Gasteiger partial charge in [0.25, 0.3) is 0 Å². The molecule has 0 saturated heterocycles. The molecule has 2 aromatic rings. The molecule has 0 aromatic heterocycles. The Morgan fingerprint density at radius 1 is 1.05 bits per heavy atom. The summed E-state index contributed by atoms with van der Waals surface area (Å²) in [5.41, 5.74) is 3.21. The summed E-state index contributed by atoms with van der Waals surface area (Å²) in [4.78, 5) is 11.9. The molecule has 0 aliphatic heterocycles. The zero-order valence-corrected chi connectivity index (χ0v) is 12.2. The molecule has 3 rings (SSSR count). The third-order valence-corrected chi connectivity index (χ3v) is 3.91. The third-order valence-electron chi connectivity index (χ3n) is 3.91. The fraction of sp³-hybridized carbons (Fsp3) is 0.222. The van der Waals surface area contributed by atoms with E-state index in [2.05, 4.69) is 16.7 Å². The van der Waals surface area contributed by atoms with Crippen molar-refractivity contribution in [2.45, 2.75) is 19.3 Å². The number of benzene rings is 2. The summed E-state index contributed by atoms with van der Waals surface area (Å²) < 4.78 is 0. The average Bonchev–Trinajstić information content (AvgIpc) is 2.48. The van der Waals surface area contributed by atoms with Gasteiger partial charge in [0.05, 0.1) is 11.6 Å². The van der Waals surface area contributed by atoms with E-state index in [0.29, 0.717) is 5.56 Å². The van der Waals surface area contributed by atoms with Crippen LogP contribution in [0.25, 0.3) is 0 Å². The van der Waals surface area contributed by atoms with Crippen molar-refractivity contribution in [3.05, 3.63) is 54.1 Å². The molecule has 1 amide bonds. The molecule has 0 spiro atoms. The van der Waals surface area contributed by atoms with Crippen LogP contribution in [0.3, 0.4) is 0 Å². The zero-order chi connectivity index (χ0) is 15.4. The zero-order valence-electron chi connectivity index (χ0n) is 12.2. The van der Waals surface area contributed by atoms with E-state index in [-0.39, 0.29) is 11.8 Å². The van der Waals surface area contributed by atoms with Crippen molar-refractivity contribution in [2.24, 2.45) is 5.92 Å². The minimum absolute atomic E-state index is 0.119. The van der Waals surface area contributed by atoms with Gasteiger partial charge in [-0.15, -0.1) is 0 Å². The number of nitrogens with one attached hydrogen (secondary N) is 2. The molecular formula is C18H17N3O. The van der Waals surface area contributed by atoms with E-state index >= 15 is 0 Å². The Balaban J connectivity index is 1.63. The van der Waals surface area contributed by atoms with E-state index in [9.17, 15) is 4.79 Å². The van der Waals surface area contributed by atoms with Gasteiger partial charge in [0, 0.05) is 23.0 Å². The van der Waals surface area contributed by atoms with E-state index in [1.165, 1.54) is 0 Å². The quantitative estimate of drug-likeness (QED) is 0.893. The van der Waals surface area contributed by atoms with E-state index in [0.717, 1.165) is 36.3 Å². The number of amides is 1. The smallest absolute Gasteiger partial charge is 0.227 e. The number of nitrogens with zero attached hydrogens (tertiary/aromatic N) is 1. The predicted octanol–water partition coefficient (Wildman–Crippen LogP) is 4.04. The van der Waals surface area contributed by atoms with Crippen LogP contribution in [0.15, 0.2) is 48.5 Å². The van der Waals surface area contributed by atoms with E-state index in [4.69, 9.17) is 5.26 Å². The van der Waals surface area contributed by atoms with Crippen LogP contribution in [-0.4, -0.2) is 5.91 Å². The molecule has 1 fully saturated rings. The van der Waals surface area contributed by atoms with E-state index in [1.807, 2.05) is 36.4 Å². The molecule has 0 atom stereocenters. The van der Waals surface area contributed by atoms with Crippen molar-refractivity contribution >= 4 is 23.0 Å². The van der Waals surface area contributed by atoms with Crippen LogP contribution < -0.4 is 10.6 Å². The van der Waals surface area contributed by atoms with Crippen molar-refractivity contribution in [3.8, 4) is 6.07 Å². The summed E-state index contributed by atoms with van der Waals surface area (Å²) in [5.74, 6) is 0.306. The number of hydrogen-bond acceptors (Lipinski definition) is 3. The van der Waals surface area contributed by atoms with Crippen molar-refractivity contribution in [1.29, 1.82) is 5.26 Å². The lowest BCUT2D eigenvalue weighted by Crippen LogP contribution is -2.27. The lowest BCUT2D eigenvalue weighted by atomic mass is 9.85. The molecular weight excluding hydrogens is 274 g/mol. The maximum absolute atomic E-state index is 11.9. The maximum Gasteiger partial charge on any atom is 0.227 e. The van der Waals surface area contributed by atoms with E-state index in [1.54, 1.807) is 12.1 Å². The summed E-state index contributed by atoms with van der Waals surface area (Å²) in [5, 5.41) is 15.1. The highest BCUT2D eigenvalue weighted by Gasteiger charge is 2.24. The molecule has 2 N–H and O–H groups in total. The van der Waals surface area contributed by atoms with Crippen molar-refractivity contribution in [2.75, 3.05) is 10.6 Å². The number of anilines is 3. The van der Waals surface area contributed by atoms with Crippen molar-refractivity contribution < 1.29 is 4.79 Å². The van der Waals surface area contributed by atoms with Gasteiger partial charge in [-0.3, -0.25) is 4.79 Å². The molecule has 0 bridgehead atoms. The maximum atomic E-state index is 11.9. The van der Waals surface area contributed by atoms with Gasteiger partial charge in [0.1, 0.15) is 0 Å². The molecule has 110 valence electrons. The summed E-state index contributed by atoms with van der Waals surface area (Å²) in [7, 11) is 0. The second-order valence-corrected chi connectivity index (χ2v) is 5.51. The molecule has 0 heterocycles. The Labute approximate surface area is 129 Å². The highest BCUT2D eigenvalue weighted by atomic mass is 16.1. The van der Waals surface area contributed by atoms with Gasteiger partial charge < -0.3 is 10.6 Å². The van der Waals surface area contributed by atoms with Crippen LogP contribution in [0.1, 0.15) is 24.8 Å². The Hall–Kier alpha value is -2.80. The first-order valence-electron chi connectivity index (χ1n) is 7.43. The first kappa shape index (κ1) is 14.2. The number of carbonyl (C=O) groups is 1. The van der Waals surface area contributed by atoms with Gasteiger partial charge in [-0.25, -0.2) is 0 Å². The number of carbonyl (C=O) groups excluding carboxylic acids is 1. The molecule has 1 saturated carbocycles. The average molecular weight is 291 g/mol. The first-order valence-corrected chi connectivity index (χ1v) is 7.43. The minimum atomic E-state index is 0.119. The molecule has 0 unspecified atom stereocenters. The van der Waals surface area contributed by atoms with Crippen LogP contribution in [0, 0.1) is 17.2 Å². The van der Waals surface area contributed by atoms with Gasteiger partial charge >= 0.3 is 0 Å². The van der Waals surface area contributed by atoms with Crippen LogP contribution >= 0.6 is 0 Å². The Kier molecular flexibility index (Phi) is 4.06.